The number of anilines is 1. The van der Waals surface area contributed by atoms with Gasteiger partial charge in [0.2, 0.25) is 0 Å². The molecule has 0 spiro atoms. The van der Waals surface area contributed by atoms with Gasteiger partial charge in [-0.15, -0.1) is 0 Å². The first-order valence-corrected chi connectivity index (χ1v) is 7.11. The lowest BCUT2D eigenvalue weighted by Gasteiger charge is -2.19. The van der Waals surface area contributed by atoms with Crippen LogP contribution in [0, 0.1) is 0 Å². The first kappa shape index (κ1) is 12.8. The maximum Gasteiger partial charge on any atom is 0.183 e. The second kappa shape index (κ2) is 3.95. The van der Waals surface area contributed by atoms with E-state index in [2.05, 4.69) is 4.98 Å². The van der Waals surface area contributed by atoms with Crippen LogP contribution >= 0.6 is 0 Å². The number of sulfone groups is 1. The number of nitrogens with zero attached hydrogens (tertiary/aromatic N) is 1. The molecule has 2 aromatic rings. The van der Waals surface area contributed by atoms with Gasteiger partial charge in [0, 0.05) is 5.39 Å². The molecule has 0 amide bonds. The molecular weight excluding hydrogens is 248 g/mol. The van der Waals surface area contributed by atoms with Crippen LogP contribution in [0.25, 0.3) is 10.9 Å². The topological polar surface area (TPSA) is 73.0 Å². The van der Waals surface area contributed by atoms with Crippen molar-refractivity contribution in [2.45, 2.75) is 30.4 Å². The third-order valence-corrected chi connectivity index (χ3v) is 5.29. The van der Waals surface area contributed by atoms with Crippen LogP contribution in [0.4, 0.5) is 5.82 Å². The molecule has 4 nitrogen and oxygen atoms in total. The van der Waals surface area contributed by atoms with Crippen LogP contribution < -0.4 is 5.73 Å². The molecular formula is C13H16N2O2S. The Bertz CT molecular complexity index is 700. The monoisotopic (exact) mass is 264 g/mol. The summed E-state index contributed by atoms with van der Waals surface area (Å²) in [6.45, 7) is 5.04. The number of nitrogen functional groups attached to an aromatic ring is 1. The predicted octanol–water partition coefficient (Wildman–Crippen LogP) is 2.39. The fourth-order valence-corrected chi connectivity index (χ4v) is 2.85. The summed E-state index contributed by atoms with van der Waals surface area (Å²) < 4.78 is 23.8. The molecule has 0 fully saturated rings. The van der Waals surface area contributed by atoms with Crippen molar-refractivity contribution in [3.05, 3.63) is 30.3 Å². The van der Waals surface area contributed by atoms with E-state index in [1.54, 1.807) is 45.0 Å². The van der Waals surface area contributed by atoms with Crippen molar-refractivity contribution in [2.24, 2.45) is 0 Å². The van der Waals surface area contributed by atoms with E-state index < -0.39 is 14.6 Å². The van der Waals surface area contributed by atoms with Gasteiger partial charge < -0.3 is 5.73 Å². The van der Waals surface area contributed by atoms with Crippen molar-refractivity contribution in [2.75, 3.05) is 5.73 Å². The van der Waals surface area contributed by atoms with E-state index in [0.717, 1.165) is 5.39 Å². The highest BCUT2D eigenvalue weighted by molar-refractivity contribution is 7.92. The smallest absolute Gasteiger partial charge is 0.183 e. The third-order valence-electron chi connectivity index (χ3n) is 2.80. The van der Waals surface area contributed by atoms with Crippen molar-refractivity contribution in [3.63, 3.8) is 0 Å². The Morgan fingerprint density at radius 3 is 2.33 bits per heavy atom. The molecule has 1 heterocycles. The number of hydrogen-bond acceptors (Lipinski definition) is 4. The molecule has 0 aliphatic carbocycles. The van der Waals surface area contributed by atoms with Crippen LogP contribution in [0.1, 0.15) is 20.8 Å². The van der Waals surface area contributed by atoms with Crippen molar-refractivity contribution >= 4 is 26.6 Å². The summed E-state index contributed by atoms with van der Waals surface area (Å²) in [6, 6.07) is 8.46. The molecule has 0 bridgehead atoms. The molecule has 2 N–H and O–H groups in total. The van der Waals surface area contributed by atoms with E-state index in [1.165, 1.54) is 0 Å². The van der Waals surface area contributed by atoms with Crippen molar-refractivity contribution in [1.29, 1.82) is 0 Å². The summed E-state index contributed by atoms with van der Waals surface area (Å²) >= 11 is 0. The van der Waals surface area contributed by atoms with Crippen molar-refractivity contribution < 1.29 is 8.42 Å². The Hall–Kier alpha value is -1.62. The van der Waals surface area contributed by atoms with Crippen molar-refractivity contribution in [3.8, 4) is 0 Å². The highest BCUT2D eigenvalue weighted by atomic mass is 32.2. The number of hydrogen-bond donors (Lipinski definition) is 1. The molecule has 5 heteroatoms. The number of nitrogens with two attached hydrogens (primary N) is 1. The highest BCUT2D eigenvalue weighted by Gasteiger charge is 2.30. The summed E-state index contributed by atoms with van der Waals surface area (Å²) in [5.74, 6) is 0.382. The highest BCUT2D eigenvalue weighted by Crippen LogP contribution is 2.27. The molecule has 96 valence electrons. The van der Waals surface area contributed by atoms with Gasteiger partial charge in [0.1, 0.15) is 5.82 Å². The minimum Gasteiger partial charge on any atom is -0.384 e. The Morgan fingerprint density at radius 2 is 1.72 bits per heavy atom. The van der Waals surface area contributed by atoms with Crippen LogP contribution in [0.5, 0.6) is 0 Å². The number of fused-ring (bicyclic) bond motifs is 1. The summed E-state index contributed by atoms with van der Waals surface area (Å²) in [4.78, 5) is 4.42. The van der Waals surface area contributed by atoms with Gasteiger partial charge in [-0.05, 0) is 45.0 Å². The predicted molar refractivity (Wildman–Crippen MR) is 73.1 cm³/mol. The molecule has 0 unspecified atom stereocenters. The van der Waals surface area contributed by atoms with Crippen LogP contribution in [0.15, 0.2) is 35.2 Å². The molecule has 0 saturated carbocycles. The standard InChI is InChI=1S/C13H16N2O2S/c1-13(2,3)18(16,17)10-6-4-9-5-7-12(14)15-11(9)8-10/h4-8H,1-3H3,(H2,14,15). The van der Waals surface area contributed by atoms with E-state index in [-0.39, 0.29) is 4.90 Å². The number of rotatable bonds is 1. The quantitative estimate of drug-likeness (QED) is 0.858. The van der Waals surface area contributed by atoms with E-state index in [9.17, 15) is 8.42 Å². The van der Waals surface area contributed by atoms with Gasteiger partial charge in [-0.2, -0.15) is 0 Å². The first-order chi connectivity index (χ1) is 8.22. The Balaban J connectivity index is 2.68. The molecule has 0 saturated heterocycles. The fourth-order valence-electron chi connectivity index (χ4n) is 1.63. The largest absolute Gasteiger partial charge is 0.384 e. The Kier molecular flexibility index (Phi) is 2.81. The zero-order valence-electron chi connectivity index (χ0n) is 10.6. The molecule has 0 atom stereocenters. The van der Waals surface area contributed by atoms with E-state index in [0.29, 0.717) is 11.3 Å². The van der Waals surface area contributed by atoms with Gasteiger partial charge >= 0.3 is 0 Å². The normalized spacial score (nSPS) is 12.8. The van der Waals surface area contributed by atoms with Crippen LogP contribution in [-0.2, 0) is 9.84 Å². The van der Waals surface area contributed by atoms with E-state index in [4.69, 9.17) is 5.73 Å². The van der Waals surface area contributed by atoms with Gasteiger partial charge in [-0.1, -0.05) is 6.07 Å². The molecule has 0 radical (unpaired) electrons. The maximum absolute atomic E-state index is 12.3. The summed E-state index contributed by atoms with van der Waals surface area (Å²) in [5, 5.41) is 0.872. The summed E-state index contributed by atoms with van der Waals surface area (Å²) in [5.41, 5.74) is 6.21. The zero-order chi connectivity index (χ0) is 13.6. The number of aromatic nitrogens is 1. The first-order valence-electron chi connectivity index (χ1n) is 5.63. The van der Waals surface area contributed by atoms with E-state index in [1.807, 2.05) is 6.07 Å². The SMILES string of the molecule is CC(C)(C)S(=O)(=O)c1ccc2ccc(N)nc2c1. The minimum absolute atomic E-state index is 0.278. The van der Waals surface area contributed by atoms with Gasteiger partial charge in [0.05, 0.1) is 15.2 Å². The number of pyridine rings is 1. The van der Waals surface area contributed by atoms with Gasteiger partial charge in [-0.25, -0.2) is 13.4 Å². The van der Waals surface area contributed by atoms with Crippen LogP contribution in [-0.4, -0.2) is 18.1 Å². The second-order valence-corrected chi connectivity index (χ2v) is 7.91. The molecule has 18 heavy (non-hydrogen) atoms. The maximum atomic E-state index is 12.3. The second-order valence-electron chi connectivity index (χ2n) is 5.21. The Morgan fingerprint density at radius 1 is 1.11 bits per heavy atom. The zero-order valence-corrected chi connectivity index (χ0v) is 11.5. The number of benzene rings is 1. The minimum atomic E-state index is -3.36. The average Bonchev–Trinajstić information content (AvgIpc) is 2.26. The average molecular weight is 264 g/mol. The van der Waals surface area contributed by atoms with Gasteiger partial charge in [-0.3, -0.25) is 0 Å². The lowest BCUT2D eigenvalue weighted by molar-refractivity contribution is 0.560. The summed E-state index contributed by atoms with van der Waals surface area (Å²) in [6.07, 6.45) is 0. The third kappa shape index (κ3) is 2.06. The van der Waals surface area contributed by atoms with Gasteiger partial charge in [0.25, 0.3) is 0 Å². The van der Waals surface area contributed by atoms with E-state index >= 15 is 0 Å². The molecule has 1 aromatic carbocycles. The van der Waals surface area contributed by atoms with Crippen LogP contribution in [0.3, 0.4) is 0 Å². The fraction of sp³-hybridized carbons (Fsp3) is 0.308. The lowest BCUT2D eigenvalue weighted by Crippen LogP contribution is -2.27. The molecule has 1 aromatic heterocycles. The molecule has 2 rings (SSSR count). The van der Waals surface area contributed by atoms with Gasteiger partial charge in [0.15, 0.2) is 9.84 Å². The van der Waals surface area contributed by atoms with Crippen LogP contribution in [0.2, 0.25) is 0 Å². The molecule has 0 aliphatic heterocycles. The summed E-state index contributed by atoms with van der Waals surface area (Å²) in [7, 11) is -3.36. The Labute approximate surface area is 107 Å². The lowest BCUT2D eigenvalue weighted by atomic mass is 10.2. The molecule has 0 aliphatic rings. The van der Waals surface area contributed by atoms with Crippen molar-refractivity contribution in [1.82, 2.24) is 4.98 Å².